The summed E-state index contributed by atoms with van der Waals surface area (Å²) >= 11 is 0. The second-order valence-corrected chi connectivity index (χ2v) is 4.86. The number of ether oxygens (including phenoxy) is 2. The minimum absolute atomic E-state index is 0.0503. The lowest BCUT2D eigenvalue weighted by molar-refractivity contribution is -0.123. The van der Waals surface area contributed by atoms with Crippen LogP contribution in [0.2, 0.25) is 0 Å². The number of hydrogen-bond acceptors (Lipinski definition) is 4. The van der Waals surface area contributed by atoms with Gasteiger partial charge in [-0.3, -0.25) is 4.79 Å². The van der Waals surface area contributed by atoms with Crippen LogP contribution in [-0.2, 0) is 4.79 Å². The van der Waals surface area contributed by atoms with E-state index in [1.165, 1.54) is 0 Å². The van der Waals surface area contributed by atoms with Gasteiger partial charge >= 0.3 is 0 Å². The van der Waals surface area contributed by atoms with E-state index in [1.54, 1.807) is 13.2 Å². The lowest BCUT2D eigenvalue weighted by Crippen LogP contribution is -2.32. The average molecular weight is 281 g/mol. The highest BCUT2D eigenvalue weighted by molar-refractivity contribution is 5.77. The highest BCUT2D eigenvalue weighted by Crippen LogP contribution is 2.27. The molecule has 1 unspecified atom stereocenters. The van der Waals surface area contributed by atoms with E-state index in [0.717, 1.165) is 5.56 Å². The van der Waals surface area contributed by atoms with Crippen LogP contribution in [0, 0.1) is 12.8 Å². The lowest BCUT2D eigenvalue weighted by atomic mass is 10.1. The van der Waals surface area contributed by atoms with Gasteiger partial charge in [-0.05, 0) is 37.0 Å². The first-order valence-electron chi connectivity index (χ1n) is 6.71. The molecule has 5 heteroatoms. The normalized spacial score (nSPS) is 11.8. The third kappa shape index (κ3) is 5.48. The molecule has 0 bridgehead atoms. The molecule has 1 amide bonds. The number of aliphatic hydroxyl groups is 1. The third-order valence-electron chi connectivity index (χ3n) is 2.95. The molecule has 1 aromatic carbocycles. The summed E-state index contributed by atoms with van der Waals surface area (Å²) in [7, 11) is 1.57. The van der Waals surface area contributed by atoms with Gasteiger partial charge in [0.2, 0.25) is 0 Å². The van der Waals surface area contributed by atoms with Gasteiger partial charge in [-0.2, -0.15) is 0 Å². The highest BCUT2D eigenvalue weighted by atomic mass is 16.5. The van der Waals surface area contributed by atoms with Crippen LogP contribution in [0.4, 0.5) is 0 Å². The lowest BCUT2D eigenvalue weighted by Gasteiger charge is -2.13. The zero-order valence-electron chi connectivity index (χ0n) is 12.3. The smallest absolute Gasteiger partial charge is 0.257 e. The summed E-state index contributed by atoms with van der Waals surface area (Å²) < 4.78 is 10.7. The van der Waals surface area contributed by atoms with Crippen LogP contribution in [0.5, 0.6) is 11.5 Å². The molecule has 1 rings (SSSR count). The Balaban J connectivity index is 2.41. The minimum Gasteiger partial charge on any atom is -0.493 e. The van der Waals surface area contributed by atoms with E-state index < -0.39 is 0 Å². The van der Waals surface area contributed by atoms with Crippen LogP contribution < -0.4 is 14.8 Å². The Morgan fingerprint density at radius 1 is 1.40 bits per heavy atom. The number of rotatable bonds is 8. The molecule has 0 aromatic heterocycles. The van der Waals surface area contributed by atoms with E-state index in [1.807, 2.05) is 26.0 Å². The predicted octanol–water partition coefficient (Wildman–Crippen LogP) is 1.52. The van der Waals surface area contributed by atoms with Gasteiger partial charge in [-0.15, -0.1) is 0 Å². The maximum Gasteiger partial charge on any atom is 0.257 e. The molecule has 0 spiro atoms. The van der Waals surface area contributed by atoms with E-state index in [4.69, 9.17) is 14.6 Å². The molecule has 1 atom stereocenters. The van der Waals surface area contributed by atoms with Crippen LogP contribution in [-0.4, -0.2) is 37.9 Å². The molecule has 2 N–H and O–H groups in total. The first-order valence-corrected chi connectivity index (χ1v) is 6.71. The number of hydrogen-bond donors (Lipinski definition) is 2. The molecule has 0 fully saturated rings. The van der Waals surface area contributed by atoms with Crippen molar-refractivity contribution < 1.29 is 19.4 Å². The summed E-state index contributed by atoms with van der Waals surface area (Å²) in [5.74, 6) is 1.23. The zero-order chi connectivity index (χ0) is 15.0. The zero-order valence-corrected chi connectivity index (χ0v) is 12.3. The van der Waals surface area contributed by atoms with Crippen molar-refractivity contribution in [3.63, 3.8) is 0 Å². The standard InChI is InChI=1S/C15H23NO4/c1-11-4-5-13(14(8-11)19-3)20-10-15(18)16-9-12(2)6-7-17/h4-5,8,12,17H,6-7,9-10H2,1-3H3,(H,16,18). The van der Waals surface area contributed by atoms with Crippen LogP contribution in [0.25, 0.3) is 0 Å². The molecule has 20 heavy (non-hydrogen) atoms. The Hall–Kier alpha value is -1.75. The number of nitrogens with one attached hydrogen (secondary N) is 1. The minimum atomic E-state index is -0.183. The van der Waals surface area contributed by atoms with Gasteiger partial charge in [-0.25, -0.2) is 0 Å². The molecule has 0 aliphatic carbocycles. The van der Waals surface area contributed by atoms with Crippen molar-refractivity contribution in [1.82, 2.24) is 5.32 Å². The molecule has 1 aromatic rings. The number of aliphatic hydroxyl groups excluding tert-OH is 1. The molecule has 0 aliphatic rings. The Morgan fingerprint density at radius 2 is 2.15 bits per heavy atom. The quantitative estimate of drug-likeness (QED) is 0.758. The molecule has 0 radical (unpaired) electrons. The van der Waals surface area contributed by atoms with Crippen molar-refractivity contribution in [3.8, 4) is 11.5 Å². The predicted molar refractivity (Wildman–Crippen MR) is 77.1 cm³/mol. The van der Waals surface area contributed by atoms with E-state index in [2.05, 4.69) is 5.32 Å². The third-order valence-corrected chi connectivity index (χ3v) is 2.95. The fraction of sp³-hybridized carbons (Fsp3) is 0.533. The van der Waals surface area contributed by atoms with Crippen molar-refractivity contribution in [2.75, 3.05) is 26.9 Å². The Kier molecular flexibility index (Phi) is 6.87. The van der Waals surface area contributed by atoms with Crippen molar-refractivity contribution in [2.45, 2.75) is 20.3 Å². The first kappa shape index (κ1) is 16.3. The molecule has 0 heterocycles. The fourth-order valence-electron chi connectivity index (χ4n) is 1.70. The molecule has 5 nitrogen and oxygen atoms in total. The molecular formula is C15H23NO4. The van der Waals surface area contributed by atoms with Gasteiger partial charge in [0.15, 0.2) is 18.1 Å². The monoisotopic (exact) mass is 281 g/mol. The van der Waals surface area contributed by atoms with Crippen molar-refractivity contribution >= 4 is 5.91 Å². The fourth-order valence-corrected chi connectivity index (χ4v) is 1.70. The van der Waals surface area contributed by atoms with E-state index >= 15 is 0 Å². The van der Waals surface area contributed by atoms with Gasteiger partial charge in [0, 0.05) is 13.2 Å². The number of methoxy groups -OCH3 is 1. The topological polar surface area (TPSA) is 67.8 Å². The molecule has 112 valence electrons. The SMILES string of the molecule is COc1cc(C)ccc1OCC(=O)NCC(C)CCO. The first-order chi connectivity index (χ1) is 9.56. The highest BCUT2D eigenvalue weighted by Gasteiger charge is 2.09. The second-order valence-electron chi connectivity index (χ2n) is 4.86. The van der Waals surface area contributed by atoms with Gasteiger partial charge in [0.05, 0.1) is 7.11 Å². The van der Waals surface area contributed by atoms with E-state index in [0.29, 0.717) is 24.5 Å². The van der Waals surface area contributed by atoms with Crippen LogP contribution in [0.15, 0.2) is 18.2 Å². The number of benzene rings is 1. The summed E-state index contributed by atoms with van der Waals surface area (Å²) in [6.07, 6.45) is 0.674. The summed E-state index contributed by atoms with van der Waals surface area (Å²) in [6.45, 7) is 4.55. The maximum atomic E-state index is 11.7. The Bertz CT molecular complexity index is 434. The number of carbonyl (C=O) groups is 1. The summed E-state index contributed by atoms with van der Waals surface area (Å²) in [4.78, 5) is 11.7. The van der Waals surface area contributed by atoms with Crippen LogP contribution >= 0.6 is 0 Å². The number of aryl methyl sites for hydroxylation is 1. The summed E-state index contributed by atoms with van der Waals surface area (Å²) in [6, 6.07) is 5.55. The Labute approximate surface area is 119 Å². The van der Waals surface area contributed by atoms with Crippen molar-refractivity contribution in [1.29, 1.82) is 0 Å². The largest absolute Gasteiger partial charge is 0.493 e. The van der Waals surface area contributed by atoms with Crippen LogP contribution in [0.3, 0.4) is 0 Å². The average Bonchev–Trinajstić information content (AvgIpc) is 2.44. The van der Waals surface area contributed by atoms with Crippen LogP contribution in [0.1, 0.15) is 18.9 Å². The van der Waals surface area contributed by atoms with Crippen molar-refractivity contribution in [3.05, 3.63) is 23.8 Å². The molecule has 0 saturated carbocycles. The summed E-state index contributed by atoms with van der Waals surface area (Å²) in [5.41, 5.74) is 1.07. The van der Waals surface area contributed by atoms with Crippen molar-refractivity contribution in [2.24, 2.45) is 5.92 Å². The Morgan fingerprint density at radius 3 is 2.80 bits per heavy atom. The van der Waals surface area contributed by atoms with Gasteiger partial charge in [0.1, 0.15) is 0 Å². The number of amides is 1. The summed E-state index contributed by atoms with van der Waals surface area (Å²) in [5, 5.41) is 11.6. The van der Waals surface area contributed by atoms with Gasteiger partial charge < -0.3 is 19.9 Å². The van der Waals surface area contributed by atoms with Gasteiger partial charge in [-0.1, -0.05) is 13.0 Å². The molecule has 0 aliphatic heterocycles. The second kappa shape index (κ2) is 8.43. The van der Waals surface area contributed by atoms with Gasteiger partial charge in [0.25, 0.3) is 5.91 Å². The number of carbonyl (C=O) groups excluding carboxylic acids is 1. The maximum absolute atomic E-state index is 11.7. The molecular weight excluding hydrogens is 258 g/mol. The molecule has 0 saturated heterocycles. The van der Waals surface area contributed by atoms with E-state index in [9.17, 15) is 4.79 Å². The van der Waals surface area contributed by atoms with E-state index in [-0.39, 0.29) is 25.0 Å².